The number of rotatable bonds is 4. The maximum Gasteiger partial charge on any atom is 0.0125 e. The van der Waals surface area contributed by atoms with Crippen LogP contribution in [0, 0.1) is 5.92 Å². The SMILES string of the molecule is CC1CCC(N(C(C)C)C2CCN(C(C)C)CC2)CC1. The van der Waals surface area contributed by atoms with Gasteiger partial charge in [0.15, 0.2) is 0 Å². The van der Waals surface area contributed by atoms with E-state index < -0.39 is 0 Å². The fourth-order valence-electron chi connectivity index (χ4n) is 4.38. The summed E-state index contributed by atoms with van der Waals surface area (Å²) in [5, 5.41) is 0. The van der Waals surface area contributed by atoms with Gasteiger partial charge >= 0.3 is 0 Å². The van der Waals surface area contributed by atoms with E-state index in [1.54, 1.807) is 0 Å². The van der Waals surface area contributed by atoms with Crippen molar-refractivity contribution in [3.05, 3.63) is 0 Å². The Kier molecular flexibility index (Phi) is 5.92. The van der Waals surface area contributed by atoms with E-state index in [9.17, 15) is 0 Å². The second kappa shape index (κ2) is 7.26. The Morgan fingerprint density at radius 1 is 0.800 bits per heavy atom. The average Bonchev–Trinajstić information content (AvgIpc) is 2.41. The second-order valence-corrected chi connectivity index (χ2v) is 7.82. The van der Waals surface area contributed by atoms with Crippen molar-refractivity contribution in [3.8, 4) is 0 Å². The fourth-order valence-corrected chi connectivity index (χ4v) is 4.38. The molecule has 1 heterocycles. The zero-order valence-electron chi connectivity index (χ0n) is 14.4. The Morgan fingerprint density at radius 2 is 1.30 bits per heavy atom. The Labute approximate surface area is 126 Å². The third-order valence-corrected chi connectivity index (χ3v) is 5.65. The summed E-state index contributed by atoms with van der Waals surface area (Å²) in [4.78, 5) is 5.54. The highest BCUT2D eigenvalue weighted by Crippen LogP contribution is 2.32. The lowest BCUT2D eigenvalue weighted by atomic mass is 9.84. The van der Waals surface area contributed by atoms with Gasteiger partial charge in [0, 0.05) is 24.2 Å². The quantitative estimate of drug-likeness (QED) is 0.763. The minimum absolute atomic E-state index is 0.712. The van der Waals surface area contributed by atoms with Gasteiger partial charge in [0.25, 0.3) is 0 Å². The summed E-state index contributed by atoms with van der Waals surface area (Å²) < 4.78 is 0. The Hall–Kier alpha value is -0.0800. The van der Waals surface area contributed by atoms with Gasteiger partial charge in [0.2, 0.25) is 0 Å². The van der Waals surface area contributed by atoms with Crippen LogP contribution >= 0.6 is 0 Å². The lowest BCUT2D eigenvalue weighted by Crippen LogP contribution is -2.53. The topological polar surface area (TPSA) is 6.48 Å². The molecule has 1 aliphatic heterocycles. The normalized spacial score (nSPS) is 30.6. The zero-order chi connectivity index (χ0) is 14.7. The molecule has 20 heavy (non-hydrogen) atoms. The molecule has 0 spiro atoms. The van der Waals surface area contributed by atoms with Crippen LogP contribution in [0.25, 0.3) is 0 Å². The van der Waals surface area contributed by atoms with Crippen LogP contribution in [0.2, 0.25) is 0 Å². The lowest BCUT2D eigenvalue weighted by Gasteiger charge is -2.47. The molecule has 0 amide bonds. The van der Waals surface area contributed by atoms with Crippen LogP contribution in [0.1, 0.15) is 73.1 Å². The van der Waals surface area contributed by atoms with Crippen LogP contribution < -0.4 is 0 Å². The molecule has 0 radical (unpaired) electrons. The first-order valence-corrected chi connectivity index (χ1v) is 9.00. The van der Waals surface area contributed by atoms with Crippen LogP contribution in [-0.2, 0) is 0 Å². The predicted molar refractivity (Wildman–Crippen MR) is 88.1 cm³/mol. The van der Waals surface area contributed by atoms with E-state index in [-0.39, 0.29) is 0 Å². The van der Waals surface area contributed by atoms with E-state index in [2.05, 4.69) is 44.4 Å². The molecule has 0 N–H and O–H groups in total. The van der Waals surface area contributed by atoms with Crippen LogP contribution in [0.4, 0.5) is 0 Å². The maximum atomic E-state index is 2.89. The van der Waals surface area contributed by atoms with Gasteiger partial charge < -0.3 is 4.90 Å². The summed E-state index contributed by atoms with van der Waals surface area (Å²) in [6.07, 6.45) is 8.51. The molecule has 0 unspecified atom stereocenters. The first kappa shape index (κ1) is 16.3. The van der Waals surface area contributed by atoms with Crippen molar-refractivity contribution in [3.63, 3.8) is 0 Å². The standard InChI is InChI=1S/C18H36N2/c1-14(2)19-12-10-18(11-13-19)20(15(3)4)17-8-6-16(5)7-9-17/h14-18H,6-13H2,1-5H3. The predicted octanol–water partition coefficient (Wildman–Crippen LogP) is 4.15. The van der Waals surface area contributed by atoms with E-state index in [1.807, 2.05) is 0 Å². The Bertz CT molecular complexity index is 271. The molecule has 0 atom stereocenters. The molecule has 118 valence electrons. The second-order valence-electron chi connectivity index (χ2n) is 7.82. The fraction of sp³-hybridized carbons (Fsp3) is 1.00. The molecule has 2 heteroatoms. The van der Waals surface area contributed by atoms with Crippen LogP contribution in [0.15, 0.2) is 0 Å². The summed E-state index contributed by atoms with van der Waals surface area (Å²) in [6, 6.07) is 3.13. The number of hydrogen-bond acceptors (Lipinski definition) is 2. The van der Waals surface area contributed by atoms with Gasteiger partial charge in [-0.05, 0) is 85.2 Å². The minimum atomic E-state index is 0.712. The monoisotopic (exact) mass is 280 g/mol. The van der Waals surface area contributed by atoms with Crippen molar-refractivity contribution in [1.82, 2.24) is 9.80 Å². The van der Waals surface area contributed by atoms with Gasteiger partial charge in [-0.1, -0.05) is 6.92 Å². The van der Waals surface area contributed by atoms with Gasteiger partial charge in [-0.2, -0.15) is 0 Å². The molecule has 2 nitrogen and oxygen atoms in total. The molecule has 0 bridgehead atoms. The zero-order valence-corrected chi connectivity index (χ0v) is 14.4. The highest BCUT2D eigenvalue weighted by atomic mass is 15.2. The van der Waals surface area contributed by atoms with Crippen LogP contribution in [0.5, 0.6) is 0 Å². The number of likely N-dealkylation sites (tertiary alicyclic amines) is 1. The van der Waals surface area contributed by atoms with Crippen LogP contribution in [0.3, 0.4) is 0 Å². The third kappa shape index (κ3) is 3.98. The summed E-state index contributed by atoms with van der Waals surface area (Å²) in [6.45, 7) is 14.5. The largest absolute Gasteiger partial charge is 0.301 e. The average molecular weight is 280 g/mol. The van der Waals surface area contributed by atoms with E-state index in [1.165, 1.54) is 51.6 Å². The molecule has 2 rings (SSSR count). The van der Waals surface area contributed by atoms with E-state index in [0.29, 0.717) is 6.04 Å². The van der Waals surface area contributed by atoms with Crippen molar-refractivity contribution < 1.29 is 0 Å². The van der Waals surface area contributed by atoms with Crippen molar-refractivity contribution in [1.29, 1.82) is 0 Å². The van der Waals surface area contributed by atoms with Gasteiger partial charge in [0.1, 0.15) is 0 Å². The molecule has 2 aliphatic rings. The minimum Gasteiger partial charge on any atom is -0.301 e. The molecule has 0 aromatic heterocycles. The van der Waals surface area contributed by atoms with Crippen molar-refractivity contribution in [2.45, 2.75) is 97.3 Å². The summed E-state index contributed by atoms with van der Waals surface area (Å²) >= 11 is 0. The molecule has 1 aliphatic carbocycles. The smallest absolute Gasteiger partial charge is 0.0125 e. The lowest BCUT2D eigenvalue weighted by molar-refractivity contribution is 0.0219. The van der Waals surface area contributed by atoms with Crippen molar-refractivity contribution in [2.75, 3.05) is 13.1 Å². The van der Waals surface area contributed by atoms with Gasteiger partial charge in [-0.15, -0.1) is 0 Å². The highest BCUT2D eigenvalue weighted by molar-refractivity contribution is 4.88. The molecule has 1 saturated carbocycles. The molecular weight excluding hydrogens is 244 g/mol. The van der Waals surface area contributed by atoms with E-state index >= 15 is 0 Å². The first-order chi connectivity index (χ1) is 9.49. The molecule has 0 aromatic rings. The van der Waals surface area contributed by atoms with Gasteiger partial charge in [-0.3, -0.25) is 4.90 Å². The third-order valence-electron chi connectivity index (χ3n) is 5.65. The summed E-state index contributed by atoms with van der Waals surface area (Å²) in [5.74, 6) is 0.961. The number of hydrogen-bond donors (Lipinski definition) is 0. The number of nitrogens with zero attached hydrogens (tertiary/aromatic N) is 2. The van der Waals surface area contributed by atoms with Crippen molar-refractivity contribution in [2.24, 2.45) is 5.92 Å². The van der Waals surface area contributed by atoms with Gasteiger partial charge in [0.05, 0.1) is 0 Å². The molecule has 1 saturated heterocycles. The summed E-state index contributed by atoms with van der Waals surface area (Å²) in [5.41, 5.74) is 0. The van der Waals surface area contributed by atoms with Gasteiger partial charge in [-0.25, -0.2) is 0 Å². The van der Waals surface area contributed by atoms with Crippen LogP contribution in [-0.4, -0.2) is 47.1 Å². The molecule has 2 fully saturated rings. The highest BCUT2D eigenvalue weighted by Gasteiger charge is 2.33. The Balaban J connectivity index is 1.92. The number of piperidine rings is 1. The van der Waals surface area contributed by atoms with Crippen molar-refractivity contribution >= 4 is 0 Å². The van der Waals surface area contributed by atoms with E-state index in [0.717, 1.165) is 24.0 Å². The summed E-state index contributed by atoms with van der Waals surface area (Å²) in [7, 11) is 0. The molecule has 0 aromatic carbocycles. The van der Waals surface area contributed by atoms with E-state index in [4.69, 9.17) is 0 Å². The maximum absolute atomic E-state index is 2.89. The molecular formula is C18H36N2. The Morgan fingerprint density at radius 3 is 1.75 bits per heavy atom. The first-order valence-electron chi connectivity index (χ1n) is 9.00.